The van der Waals surface area contributed by atoms with Gasteiger partial charge in [0, 0.05) is 0 Å². The maximum atomic E-state index is 11.8. The zero-order valence-corrected chi connectivity index (χ0v) is 13.1. The Hall–Kier alpha value is -2.16. The molecule has 0 fully saturated rings. The van der Waals surface area contributed by atoms with Crippen molar-refractivity contribution in [2.75, 3.05) is 13.1 Å². The quantitative estimate of drug-likeness (QED) is 0.320. The minimum Gasteiger partial charge on any atom is -0.368 e. The van der Waals surface area contributed by atoms with Crippen molar-refractivity contribution in [2.45, 2.75) is 39.3 Å². The van der Waals surface area contributed by atoms with Crippen LogP contribution in [-0.2, 0) is 19.2 Å². The van der Waals surface area contributed by atoms with Crippen molar-refractivity contribution in [2.24, 2.45) is 17.4 Å². The molecule has 22 heavy (non-hydrogen) atoms. The number of nitrogens with one attached hydrogen (secondary N) is 3. The molecule has 0 aromatic rings. The van der Waals surface area contributed by atoms with Crippen LogP contribution in [0, 0.1) is 5.92 Å². The molecule has 9 heteroatoms. The average Bonchev–Trinajstić information content (AvgIpc) is 2.41. The first-order valence-electron chi connectivity index (χ1n) is 7.02. The van der Waals surface area contributed by atoms with Gasteiger partial charge in [-0.05, 0) is 19.3 Å². The molecule has 0 saturated heterocycles. The van der Waals surface area contributed by atoms with Crippen LogP contribution in [0.1, 0.15) is 27.2 Å². The van der Waals surface area contributed by atoms with E-state index in [9.17, 15) is 19.2 Å². The highest BCUT2D eigenvalue weighted by Crippen LogP contribution is 2.02. The molecule has 0 unspecified atom stereocenters. The summed E-state index contributed by atoms with van der Waals surface area (Å²) in [6.45, 7) is 4.74. The summed E-state index contributed by atoms with van der Waals surface area (Å²) < 4.78 is 0. The van der Waals surface area contributed by atoms with Crippen molar-refractivity contribution in [3.05, 3.63) is 0 Å². The smallest absolute Gasteiger partial charge is 0.242 e. The van der Waals surface area contributed by atoms with E-state index in [1.807, 2.05) is 13.8 Å². The molecule has 2 atom stereocenters. The first-order valence-corrected chi connectivity index (χ1v) is 7.02. The van der Waals surface area contributed by atoms with Crippen LogP contribution < -0.4 is 27.4 Å². The van der Waals surface area contributed by atoms with Gasteiger partial charge in [0.15, 0.2) is 0 Å². The predicted molar refractivity (Wildman–Crippen MR) is 80.2 cm³/mol. The van der Waals surface area contributed by atoms with Gasteiger partial charge in [-0.1, -0.05) is 13.8 Å². The van der Waals surface area contributed by atoms with Gasteiger partial charge in [0.2, 0.25) is 23.6 Å². The summed E-state index contributed by atoms with van der Waals surface area (Å²) in [5.74, 6) is -1.92. The van der Waals surface area contributed by atoms with E-state index < -0.39 is 35.7 Å². The number of hydrogen-bond donors (Lipinski definition) is 5. The minimum atomic E-state index is -0.824. The summed E-state index contributed by atoms with van der Waals surface area (Å²) in [6, 6.07) is -1.51. The van der Waals surface area contributed by atoms with E-state index in [4.69, 9.17) is 11.5 Å². The highest BCUT2D eigenvalue weighted by Gasteiger charge is 2.20. The zero-order valence-electron chi connectivity index (χ0n) is 13.1. The largest absolute Gasteiger partial charge is 0.368 e. The molecule has 0 bridgehead atoms. The Morgan fingerprint density at radius 2 is 1.55 bits per heavy atom. The predicted octanol–water partition coefficient (Wildman–Crippen LogP) is -2.42. The number of primary amides is 1. The topological polar surface area (TPSA) is 156 Å². The molecule has 0 aromatic heterocycles. The van der Waals surface area contributed by atoms with Gasteiger partial charge in [-0.3, -0.25) is 19.2 Å². The first-order chi connectivity index (χ1) is 10.1. The maximum absolute atomic E-state index is 11.8. The maximum Gasteiger partial charge on any atom is 0.242 e. The SMILES string of the molecule is CC(C)C[C@H](N)C(=O)N[C@@H](C)C(=O)NCC(=O)NCC(N)=O. The highest BCUT2D eigenvalue weighted by atomic mass is 16.2. The second kappa shape index (κ2) is 9.72. The van der Waals surface area contributed by atoms with E-state index in [0.29, 0.717) is 6.42 Å². The van der Waals surface area contributed by atoms with Gasteiger partial charge >= 0.3 is 0 Å². The fraction of sp³-hybridized carbons (Fsp3) is 0.692. The molecular weight excluding hydrogens is 290 g/mol. The van der Waals surface area contributed by atoms with Crippen molar-refractivity contribution in [1.29, 1.82) is 0 Å². The van der Waals surface area contributed by atoms with Crippen LogP contribution >= 0.6 is 0 Å². The lowest BCUT2D eigenvalue weighted by molar-refractivity contribution is -0.130. The number of hydrogen-bond acceptors (Lipinski definition) is 5. The summed E-state index contributed by atoms with van der Waals surface area (Å²) >= 11 is 0. The van der Waals surface area contributed by atoms with Gasteiger partial charge in [0.25, 0.3) is 0 Å². The van der Waals surface area contributed by atoms with Crippen LogP contribution in [0.5, 0.6) is 0 Å². The second-order valence-corrected chi connectivity index (χ2v) is 5.43. The van der Waals surface area contributed by atoms with Crippen LogP contribution in [0.25, 0.3) is 0 Å². The van der Waals surface area contributed by atoms with E-state index in [1.54, 1.807) is 0 Å². The molecule has 0 heterocycles. The summed E-state index contributed by atoms with van der Waals surface area (Å²) in [4.78, 5) is 45.2. The Bertz CT molecular complexity index is 425. The Balaban J connectivity index is 4.13. The summed E-state index contributed by atoms with van der Waals surface area (Å²) in [7, 11) is 0. The van der Waals surface area contributed by atoms with Gasteiger partial charge in [0.05, 0.1) is 19.1 Å². The molecule has 0 rings (SSSR count). The Morgan fingerprint density at radius 1 is 0.955 bits per heavy atom. The summed E-state index contributed by atoms with van der Waals surface area (Å²) in [6.07, 6.45) is 0.510. The minimum absolute atomic E-state index is 0.263. The van der Waals surface area contributed by atoms with Gasteiger partial charge in [-0.2, -0.15) is 0 Å². The summed E-state index contributed by atoms with van der Waals surface area (Å²) in [5, 5.41) is 7.03. The van der Waals surface area contributed by atoms with Gasteiger partial charge in [-0.15, -0.1) is 0 Å². The van der Waals surface area contributed by atoms with Crippen LogP contribution in [0.4, 0.5) is 0 Å². The van der Waals surface area contributed by atoms with Crippen molar-refractivity contribution >= 4 is 23.6 Å². The van der Waals surface area contributed by atoms with Gasteiger partial charge < -0.3 is 27.4 Å². The Morgan fingerprint density at radius 3 is 2.05 bits per heavy atom. The van der Waals surface area contributed by atoms with Crippen LogP contribution in [0.3, 0.4) is 0 Å². The molecule has 0 saturated carbocycles. The molecule has 126 valence electrons. The molecular formula is C13H25N5O4. The molecule has 9 nitrogen and oxygen atoms in total. The Kier molecular flexibility index (Phi) is 8.76. The van der Waals surface area contributed by atoms with Gasteiger partial charge in [-0.25, -0.2) is 0 Å². The van der Waals surface area contributed by atoms with E-state index in [2.05, 4.69) is 16.0 Å². The number of amides is 4. The molecule has 4 amide bonds. The van der Waals surface area contributed by atoms with Crippen LogP contribution in [0.15, 0.2) is 0 Å². The van der Waals surface area contributed by atoms with Crippen molar-refractivity contribution in [1.82, 2.24) is 16.0 Å². The number of carbonyl (C=O) groups is 4. The zero-order chi connectivity index (χ0) is 17.3. The first kappa shape index (κ1) is 19.8. The molecule has 0 spiro atoms. The molecule has 7 N–H and O–H groups in total. The second-order valence-electron chi connectivity index (χ2n) is 5.43. The van der Waals surface area contributed by atoms with Crippen LogP contribution in [-0.4, -0.2) is 48.8 Å². The van der Waals surface area contributed by atoms with E-state index in [-0.39, 0.29) is 19.0 Å². The lowest BCUT2D eigenvalue weighted by Gasteiger charge is -2.18. The highest BCUT2D eigenvalue weighted by molar-refractivity contribution is 5.92. The summed E-state index contributed by atoms with van der Waals surface area (Å²) in [5.41, 5.74) is 10.6. The van der Waals surface area contributed by atoms with E-state index in [1.165, 1.54) is 6.92 Å². The molecule has 0 radical (unpaired) electrons. The van der Waals surface area contributed by atoms with E-state index >= 15 is 0 Å². The number of carbonyl (C=O) groups excluding carboxylic acids is 4. The number of rotatable bonds is 9. The third-order valence-electron chi connectivity index (χ3n) is 2.70. The van der Waals surface area contributed by atoms with E-state index in [0.717, 1.165) is 0 Å². The van der Waals surface area contributed by atoms with Gasteiger partial charge in [0.1, 0.15) is 6.04 Å². The third kappa shape index (κ3) is 8.90. The fourth-order valence-corrected chi connectivity index (χ4v) is 1.57. The van der Waals surface area contributed by atoms with Crippen molar-refractivity contribution in [3.8, 4) is 0 Å². The molecule has 0 aliphatic carbocycles. The van der Waals surface area contributed by atoms with Crippen LogP contribution in [0.2, 0.25) is 0 Å². The average molecular weight is 315 g/mol. The molecule has 0 aliphatic heterocycles. The number of nitrogens with two attached hydrogens (primary N) is 2. The third-order valence-corrected chi connectivity index (χ3v) is 2.70. The fourth-order valence-electron chi connectivity index (χ4n) is 1.57. The Labute approximate surface area is 129 Å². The standard InChI is InChI=1S/C13H25N5O4/c1-7(2)4-9(14)13(22)18-8(3)12(21)17-6-11(20)16-5-10(15)19/h7-9H,4-6,14H2,1-3H3,(H2,15,19)(H,16,20)(H,17,21)(H,18,22)/t8-,9-/m0/s1. The normalized spacial score (nSPS) is 13.1. The molecule has 0 aliphatic rings. The van der Waals surface area contributed by atoms with Crippen molar-refractivity contribution < 1.29 is 19.2 Å². The molecule has 0 aromatic carbocycles. The van der Waals surface area contributed by atoms with Crippen molar-refractivity contribution in [3.63, 3.8) is 0 Å². The monoisotopic (exact) mass is 315 g/mol. The lowest BCUT2D eigenvalue weighted by Crippen LogP contribution is -2.51. The lowest BCUT2D eigenvalue weighted by atomic mass is 10.0.